The van der Waals surface area contributed by atoms with Crippen molar-refractivity contribution in [1.29, 1.82) is 0 Å². The number of piperidine rings is 1. The van der Waals surface area contributed by atoms with E-state index in [-0.39, 0.29) is 30.6 Å². The van der Waals surface area contributed by atoms with E-state index in [1.54, 1.807) is 0 Å². The van der Waals surface area contributed by atoms with Crippen LogP contribution in [0.15, 0.2) is 60.7 Å². The molecule has 0 saturated carbocycles. The number of ether oxygens (including phenoxy) is 1. The maximum absolute atomic E-state index is 13.9. The van der Waals surface area contributed by atoms with Crippen LogP contribution in [0.5, 0.6) is 0 Å². The zero-order valence-electron chi connectivity index (χ0n) is 25.9. The van der Waals surface area contributed by atoms with E-state index in [0.29, 0.717) is 25.6 Å². The molecule has 11 heteroatoms. The molecule has 0 spiro atoms. The Kier molecular flexibility index (Phi) is 13.6. The highest BCUT2D eigenvalue weighted by atomic mass is 16.6. The molecule has 44 heavy (non-hydrogen) atoms. The third-order valence-corrected chi connectivity index (χ3v) is 8.08. The Hall–Kier alpha value is -3.96. The second-order valence-corrected chi connectivity index (χ2v) is 11.8. The number of hydrogen-bond acceptors (Lipinski definition) is 7. The Morgan fingerprint density at radius 3 is 2.02 bits per heavy atom. The van der Waals surface area contributed by atoms with Gasteiger partial charge in [-0.05, 0) is 56.2 Å². The molecule has 4 atom stereocenters. The van der Waals surface area contributed by atoms with Gasteiger partial charge in [-0.25, -0.2) is 4.79 Å². The number of primary amides is 1. The van der Waals surface area contributed by atoms with Crippen LogP contribution < -0.4 is 21.7 Å². The van der Waals surface area contributed by atoms with Crippen LogP contribution in [-0.4, -0.2) is 84.8 Å². The maximum atomic E-state index is 13.9. The highest BCUT2D eigenvalue weighted by Crippen LogP contribution is 2.21. The van der Waals surface area contributed by atoms with Gasteiger partial charge in [-0.15, -0.1) is 0 Å². The molecular weight excluding hydrogens is 562 g/mol. The number of amides is 4. The van der Waals surface area contributed by atoms with Crippen LogP contribution in [0.3, 0.4) is 0 Å². The van der Waals surface area contributed by atoms with Gasteiger partial charge < -0.3 is 36.4 Å². The van der Waals surface area contributed by atoms with Crippen LogP contribution in [0.4, 0.5) is 4.79 Å². The van der Waals surface area contributed by atoms with Gasteiger partial charge in [0.15, 0.2) is 6.61 Å². The number of carbonyl (C=O) groups excluding carboxylic acids is 4. The smallest absolute Gasteiger partial charge is 0.407 e. The van der Waals surface area contributed by atoms with Gasteiger partial charge >= 0.3 is 6.09 Å². The van der Waals surface area contributed by atoms with E-state index in [1.165, 1.54) is 0 Å². The van der Waals surface area contributed by atoms with Gasteiger partial charge in [0.25, 0.3) is 5.91 Å². The molecule has 1 saturated heterocycles. The second-order valence-electron chi connectivity index (χ2n) is 11.8. The normalized spacial score (nSPS) is 16.4. The number of hydrogen-bond donors (Lipinski definition) is 5. The molecule has 240 valence electrons. The summed E-state index contributed by atoms with van der Waals surface area (Å²) in [5.41, 5.74) is 6.85. The number of nitrogens with zero attached hydrogens (tertiary/aromatic N) is 1. The minimum absolute atomic E-state index is 0.000890. The Morgan fingerprint density at radius 2 is 1.50 bits per heavy atom. The zero-order valence-corrected chi connectivity index (χ0v) is 25.9. The zero-order chi connectivity index (χ0) is 32.1. The standard InChI is InChI=1S/C33H47N5O6/c1-22(2)30(32(42)38-16-14-26(35-3)15-17-38)37-31(41)25(18-23-10-6-4-7-11-23)20-28(39)27(19-24-12-8-5-9-13-24)36-33(43)44-21-29(34)40/h4-13,22,25-28,30,35,39H,14-21H2,1-3H3,(H2,34,40)(H,36,43)(H,37,41)/t25?,27?,28?,30-/m0/s1. The Morgan fingerprint density at radius 1 is 0.932 bits per heavy atom. The molecule has 0 aliphatic carbocycles. The Bertz CT molecular complexity index is 1200. The quantitative estimate of drug-likeness (QED) is 0.205. The Labute approximate surface area is 259 Å². The average molecular weight is 610 g/mol. The van der Waals surface area contributed by atoms with E-state index < -0.39 is 42.7 Å². The summed E-state index contributed by atoms with van der Waals surface area (Å²) in [6, 6.07) is 17.6. The molecule has 4 amide bonds. The molecule has 6 N–H and O–H groups in total. The fourth-order valence-electron chi connectivity index (χ4n) is 5.49. The molecule has 0 bridgehead atoms. The summed E-state index contributed by atoms with van der Waals surface area (Å²) in [6.45, 7) is 4.45. The van der Waals surface area contributed by atoms with E-state index in [0.717, 1.165) is 24.0 Å². The van der Waals surface area contributed by atoms with Crippen LogP contribution >= 0.6 is 0 Å². The van der Waals surface area contributed by atoms with Gasteiger partial charge in [0.05, 0.1) is 12.1 Å². The van der Waals surface area contributed by atoms with E-state index in [4.69, 9.17) is 10.5 Å². The molecule has 11 nitrogen and oxygen atoms in total. The van der Waals surface area contributed by atoms with E-state index in [9.17, 15) is 24.3 Å². The minimum atomic E-state index is -1.16. The lowest BCUT2D eigenvalue weighted by Crippen LogP contribution is -2.55. The molecule has 1 fully saturated rings. The van der Waals surface area contributed by atoms with Gasteiger partial charge in [-0.3, -0.25) is 14.4 Å². The first-order chi connectivity index (χ1) is 21.1. The lowest BCUT2D eigenvalue weighted by molar-refractivity contribution is -0.139. The first-order valence-electron chi connectivity index (χ1n) is 15.3. The van der Waals surface area contributed by atoms with Crippen molar-refractivity contribution in [2.24, 2.45) is 17.6 Å². The van der Waals surface area contributed by atoms with Crippen LogP contribution in [0, 0.1) is 11.8 Å². The van der Waals surface area contributed by atoms with E-state index in [1.807, 2.05) is 86.5 Å². The van der Waals surface area contributed by atoms with Gasteiger partial charge in [-0.2, -0.15) is 0 Å². The highest BCUT2D eigenvalue weighted by molar-refractivity contribution is 5.89. The predicted octanol–water partition coefficient (Wildman–Crippen LogP) is 1.77. The largest absolute Gasteiger partial charge is 0.439 e. The summed E-state index contributed by atoms with van der Waals surface area (Å²) in [4.78, 5) is 52.9. The number of nitrogens with one attached hydrogen (secondary N) is 3. The topological polar surface area (TPSA) is 163 Å². The number of nitrogens with two attached hydrogens (primary N) is 1. The molecule has 0 radical (unpaired) electrons. The van der Waals surface area contributed by atoms with Crippen LogP contribution in [0.2, 0.25) is 0 Å². The first kappa shape index (κ1) is 34.5. The Balaban J connectivity index is 1.80. The van der Waals surface area contributed by atoms with Gasteiger partial charge in [0.1, 0.15) is 6.04 Å². The fraction of sp³-hybridized carbons (Fsp3) is 0.515. The van der Waals surface area contributed by atoms with Crippen molar-refractivity contribution >= 4 is 23.8 Å². The van der Waals surface area contributed by atoms with Crippen LogP contribution in [0.1, 0.15) is 44.2 Å². The fourth-order valence-corrected chi connectivity index (χ4v) is 5.49. The molecule has 2 aromatic carbocycles. The number of aliphatic hydroxyl groups excluding tert-OH is 1. The van der Waals surface area contributed by atoms with Crippen LogP contribution in [0.25, 0.3) is 0 Å². The second kappa shape index (κ2) is 17.4. The summed E-state index contributed by atoms with van der Waals surface area (Å²) in [7, 11) is 1.92. The molecular formula is C33H47N5O6. The summed E-state index contributed by atoms with van der Waals surface area (Å²) in [5.74, 6) is -2.12. The first-order valence-corrected chi connectivity index (χ1v) is 15.3. The molecule has 3 unspecified atom stereocenters. The van der Waals surface area contributed by atoms with Crippen molar-refractivity contribution in [3.05, 3.63) is 71.8 Å². The number of alkyl carbamates (subject to hydrolysis) is 1. The van der Waals surface area contributed by atoms with Crippen molar-refractivity contribution in [3.8, 4) is 0 Å². The maximum Gasteiger partial charge on any atom is 0.407 e. The molecule has 1 heterocycles. The van der Waals surface area contributed by atoms with Crippen molar-refractivity contribution in [2.75, 3.05) is 26.7 Å². The van der Waals surface area contributed by atoms with Crippen molar-refractivity contribution in [1.82, 2.24) is 20.9 Å². The number of benzene rings is 2. The summed E-state index contributed by atoms with van der Waals surface area (Å²) < 4.78 is 4.89. The SMILES string of the molecule is CNC1CCN(C(=O)[C@@H](NC(=O)C(Cc2ccccc2)CC(O)C(Cc2ccccc2)NC(=O)OCC(N)=O)C(C)C)CC1. The average Bonchev–Trinajstić information content (AvgIpc) is 3.02. The number of likely N-dealkylation sites (tertiary alicyclic amines) is 1. The molecule has 3 rings (SSSR count). The lowest BCUT2D eigenvalue weighted by Gasteiger charge is -2.36. The third-order valence-electron chi connectivity index (χ3n) is 8.08. The number of carbonyl (C=O) groups is 4. The monoisotopic (exact) mass is 609 g/mol. The summed E-state index contributed by atoms with van der Waals surface area (Å²) >= 11 is 0. The van der Waals surface area contributed by atoms with Crippen molar-refractivity contribution in [3.63, 3.8) is 0 Å². The molecule has 1 aliphatic rings. The predicted molar refractivity (Wildman–Crippen MR) is 167 cm³/mol. The van der Waals surface area contributed by atoms with E-state index >= 15 is 0 Å². The highest BCUT2D eigenvalue weighted by Gasteiger charge is 2.34. The number of rotatable bonds is 15. The van der Waals surface area contributed by atoms with Crippen molar-refractivity contribution < 1.29 is 29.0 Å². The molecule has 0 aromatic heterocycles. The summed E-state index contributed by atoms with van der Waals surface area (Å²) in [5, 5.41) is 20.4. The minimum Gasteiger partial charge on any atom is -0.439 e. The van der Waals surface area contributed by atoms with Gasteiger partial charge in [-0.1, -0.05) is 74.5 Å². The third kappa shape index (κ3) is 10.9. The van der Waals surface area contributed by atoms with Gasteiger partial charge in [0, 0.05) is 25.0 Å². The van der Waals surface area contributed by atoms with E-state index in [2.05, 4.69) is 16.0 Å². The molecule has 2 aromatic rings. The summed E-state index contributed by atoms with van der Waals surface area (Å²) in [6.07, 6.45) is 0.206. The van der Waals surface area contributed by atoms with Gasteiger partial charge in [0.2, 0.25) is 11.8 Å². The van der Waals surface area contributed by atoms with Crippen LogP contribution in [-0.2, 0) is 32.0 Å². The number of aliphatic hydroxyl groups is 1. The molecule has 1 aliphatic heterocycles. The lowest BCUT2D eigenvalue weighted by atomic mass is 9.88. The van der Waals surface area contributed by atoms with Crippen molar-refractivity contribution in [2.45, 2.75) is 70.2 Å².